The molecule has 6 nitrogen and oxygen atoms in total. The first-order valence-electron chi connectivity index (χ1n) is 8.23. The van der Waals surface area contributed by atoms with Crippen LogP contribution in [-0.2, 0) is 20.7 Å². The van der Waals surface area contributed by atoms with E-state index in [9.17, 15) is 14.0 Å². The molecule has 0 unspecified atom stereocenters. The van der Waals surface area contributed by atoms with Crippen LogP contribution in [0.5, 0.6) is 5.75 Å². The number of carbonyl (C=O) groups excluding carboxylic acids is 2. The predicted octanol–water partition coefficient (Wildman–Crippen LogP) is 3.67. The van der Waals surface area contributed by atoms with Gasteiger partial charge >= 0.3 is 5.97 Å². The maximum absolute atomic E-state index is 12.9. The maximum Gasteiger partial charge on any atom is 0.344 e. The molecule has 0 fully saturated rings. The van der Waals surface area contributed by atoms with E-state index in [-0.39, 0.29) is 24.8 Å². The maximum atomic E-state index is 12.9. The van der Waals surface area contributed by atoms with Gasteiger partial charge in [-0.1, -0.05) is 12.1 Å². The van der Waals surface area contributed by atoms with Gasteiger partial charge in [0.25, 0.3) is 0 Å². The predicted molar refractivity (Wildman–Crippen MR) is 120 cm³/mol. The van der Waals surface area contributed by atoms with E-state index in [4.69, 9.17) is 9.47 Å². The topological polar surface area (TPSA) is 77.0 Å². The Balaban J connectivity index is 1.93. The number of nitrogens with one attached hydrogen (secondary N) is 1. The first-order valence-corrected chi connectivity index (χ1v) is 10.4. The Morgan fingerprint density at radius 1 is 1.18 bits per heavy atom. The van der Waals surface area contributed by atoms with Crippen LogP contribution in [0.1, 0.15) is 18.1 Å². The normalized spacial score (nSPS) is 10.7. The average molecular weight is 610 g/mol. The van der Waals surface area contributed by atoms with Gasteiger partial charge in [0.1, 0.15) is 11.6 Å². The summed E-state index contributed by atoms with van der Waals surface area (Å²) in [5, 5.41) is 3.95. The van der Waals surface area contributed by atoms with Crippen LogP contribution >= 0.6 is 45.2 Å². The highest BCUT2D eigenvalue weighted by molar-refractivity contribution is 14.1. The van der Waals surface area contributed by atoms with Crippen molar-refractivity contribution in [2.24, 2.45) is 5.10 Å². The highest BCUT2D eigenvalue weighted by Crippen LogP contribution is 2.28. The summed E-state index contributed by atoms with van der Waals surface area (Å²) in [6.45, 7) is 1.88. The first kappa shape index (κ1) is 22.5. The number of amides is 1. The van der Waals surface area contributed by atoms with Crippen LogP contribution in [0.25, 0.3) is 0 Å². The summed E-state index contributed by atoms with van der Waals surface area (Å²) >= 11 is 4.20. The molecule has 0 aliphatic rings. The summed E-state index contributed by atoms with van der Waals surface area (Å²) in [6, 6.07) is 9.36. The second-order valence-electron chi connectivity index (χ2n) is 5.50. The molecule has 2 rings (SSSR count). The van der Waals surface area contributed by atoms with E-state index < -0.39 is 5.97 Å². The number of rotatable bonds is 8. The Labute approximate surface area is 189 Å². The van der Waals surface area contributed by atoms with Gasteiger partial charge in [0.15, 0.2) is 6.61 Å². The molecule has 1 N–H and O–H groups in total. The Bertz CT molecular complexity index is 850. The van der Waals surface area contributed by atoms with E-state index in [2.05, 4.69) is 55.7 Å². The molecule has 0 bridgehead atoms. The molecule has 0 atom stereocenters. The zero-order valence-corrected chi connectivity index (χ0v) is 19.2. The third-order valence-electron chi connectivity index (χ3n) is 3.34. The summed E-state index contributed by atoms with van der Waals surface area (Å²) in [5.74, 6) is -0.488. The van der Waals surface area contributed by atoms with Crippen molar-refractivity contribution in [3.05, 3.63) is 60.5 Å². The minimum Gasteiger partial charge on any atom is -0.480 e. The number of hydrazone groups is 1. The van der Waals surface area contributed by atoms with E-state index in [0.717, 1.165) is 12.7 Å². The second-order valence-corrected chi connectivity index (χ2v) is 7.83. The smallest absolute Gasteiger partial charge is 0.344 e. The average Bonchev–Trinajstić information content (AvgIpc) is 2.63. The number of benzene rings is 2. The number of nitrogens with zero attached hydrogens (tertiary/aromatic N) is 1. The van der Waals surface area contributed by atoms with Crippen molar-refractivity contribution in [1.29, 1.82) is 0 Å². The molecular weight excluding hydrogens is 593 g/mol. The minimum absolute atomic E-state index is 0.104. The number of carbonyl (C=O) groups is 2. The van der Waals surface area contributed by atoms with Gasteiger partial charge in [-0.2, -0.15) is 5.10 Å². The lowest BCUT2D eigenvalue weighted by atomic mass is 10.1. The van der Waals surface area contributed by atoms with Crippen LogP contribution in [0, 0.1) is 13.0 Å². The zero-order valence-electron chi connectivity index (χ0n) is 14.9. The number of hydrogen-bond donors (Lipinski definition) is 1. The van der Waals surface area contributed by atoms with Crippen LogP contribution < -0.4 is 10.2 Å². The van der Waals surface area contributed by atoms with Crippen molar-refractivity contribution >= 4 is 63.3 Å². The molecule has 2 aromatic rings. The molecule has 148 valence electrons. The molecule has 0 aromatic heterocycles. The lowest BCUT2D eigenvalue weighted by molar-refractivity contribution is -0.145. The molecular formula is C19H17FI2N2O4. The fraction of sp³-hybridized carbons (Fsp3) is 0.211. The first-order chi connectivity index (χ1) is 13.4. The van der Waals surface area contributed by atoms with Crippen molar-refractivity contribution in [1.82, 2.24) is 5.43 Å². The minimum atomic E-state index is -0.427. The van der Waals surface area contributed by atoms with Crippen LogP contribution in [-0.4, -0.2) is 31.3 Å². The van der Waals surface area contributed by atoms with E-state index in [1.54, 1.807) is 19.1 Å². The molecule has 0 saturated carbocycles. The number of halogens is 3. The van der Waals surface area contributed by atoms with Gasteiger partial charge in [0.05, 0.1) is 26.4 Å². The summed E-state index contributed by atoms with van der Waals surface area (Å²) in [4.78, 5) is 23.3. The van der Waals surface area contributed by atoms with Gasteiger partial charge in [-0.05, 0) is 87.5 Å². The van der Waals surface area contributed by atoms with E-state index in [1.807, 2.05) is 12.1 Å². The fourth-order valence-electron chi connectivity index (χ4n) is 2.13. The van der Waals surface area contributed by atoms with Crippen molar-refractivity contribution in [2.75, 3.05) is 13.2 Å². The summed E-state index contributed by atoms with van der Waals surface area (Å²) in [5.41, 5.74) is 3.90. The van der Waals surface area contributed by atoms with Gasteiger partial charge in [-0.3, -0.25) is 4.79 Å². The molecule has 2 aromatic carbocycles. The van der Waals surface area contributed by atoms with Gasteiger partial charge in [-0.15, -0.1) is 0 Å². The number of esters is 1. The van der Waals surface area contributed by atoms with Crippen molar-refractivity contribution in [2.45, 2.75) is 13.3 Å². The van der Waals surface area contributed by atoms with Crippen molar-refractivity contribution in [3.63, 3.8) is 0 Å². The highest BCUT2D eigenvalue weighted by atomic mass is 127. The summed E-state index contributed by atoms with van der Waals surface area (Å²) in [6.07, 6.45) is 1.62. The Hall–Kier alpha value is -1.76. The summed E-state index contributed by atoms with van der Waals surface area (Å²) in [7, 11) is 0. The summed E-state index contributed by atoms with van der Waals surface area (Å²) < 4.78 is 24.8. The van der Waals surface area contributed by atoms with Crippen LogP contribution in [0.3, 0.4) is 0 Å². The van der Waals surface area contributed by atoms with E-state index in [1.165, 1.54) is 18.3 Å². The standard InChI is InChI=1S/C19H17FI2N2O4/c1-2-27-18(26)11-28-19-15(21)7-13(8-16(19)22)10-23-24-17(25)9-12-3-5-14(20)6-4-12/h3-8,10H,2,9,11H2,1H3,(H,24,25)/b23-10+. The largest absolute Gasteiger partial charge is 0.480 e. The van der Waals surface area contributed by atoms with E-state index >= 15 is 0 Å². The lowest BCUT2D eigenvalue weighted by Crippen LogP contribution is -2.19. The molecule has 0 radical (unpaired) electrons. The van der Waals surface area contributed by atoms with Gasteiger partial charge in [0.2, 0.25) is 5.91 Å². The van der Waals surface area contributed by atoms with Crippen LogP contribution in [0.15, 0.2) is 41.5 Å². The van der Waals surface area contributed by atoms with Crippen LogP contribution in [0.2, 0.25) is 0 Å². The lowest BCUT2D eigenvalue weighted by Gasteiger charge is -2.10. The number of ether oxygens (including phenoxy) is 2. The molecule has 28 heavy (non-hydrogen) atoms. The Kier molecular flexibility index (Phi) is 9.09. The second kappa shape index (κ2) is 11.3. The van der Waals surface area contributed by atoms with Crippen molar-refractivity contribution in [3.8, 4) is 5.75 Å². The molecule has 0 aliphatic carbocycles. The molecule has 9 heteroatoms. The fourth-order valence-corrected chi connectivity index (χ4v) is 4.26. The number of hydrogen-bond acceptors (Lipinski definition) is 5. The highest BCUT2D eigenvalue weighted by Gasteiger charge is 2.11. The third kappa shape index (κ3) is 7.34. The van der Waals surface area contributed by atoms with Crippen molar-refractivity contribution < 1.29 is 23.5 Å². The SMILES string of the molecule is CCOC(=O)COc1c(I)cc(/C=N/NC(=O)Cc2ccc(F)cc2)cc1I. The van der Waals surface area contributed by atoms with Gasteiger partial charge in [0, 0.05) is 0 Å². The van der Waals surface area contributed by atoms with Gasteiger partial charge < -0.3 is 9.47 Å². The zero-order chi connectivity index (χ0) is 20.5. The monoisotopic (exact) mass is 610 g/mol. The molecule has 1 amide bonds. The molecule has 0 saturated heterocycles. The Morgan fingerprint density at radius 3 is 2.43 bits per heavy atom. The quantitative estimate of drug-likeness (QED) is 0.215. The van der Waals surface area contributed by atoms with Gasteiger partial charge in [-0.25, -0.2) is 14.6 Å². The third-order valence-corrected chi connectivity index (χ3v) is 4.94. The Morgan fingerprint density at radius 2 is 1.82 bits per heavy atom. The van der Waals surface area contributed by atoms with Crippen LogP contribution in [0.4, 0.5) is 4.39 Å². The molecule has 0 spiro atoms. The van der Waals surface area contributed by atoms with E-state index in [0.29, 0.717) is 17.9 Å². The molecule has 0 heterocycles. The molecule has 0 aliphatic heterocycles.